The Labute approximate surface area is 109 Å². The van der Waals surface area contributed by atoms with Crippen molar-refractivity contribution >= 4 is 15.9 Å². The fraction of sp³-hybridized carbons (Fsp3) is 0.600. The van der Waals surface area contributed by atoms with Crippen molar-refractivity contribution in [2.45, 2.75) is 52.9 Å². The quantitative estimate of drug-likeness (QED) is 0.270. The Kier molecular flexibility index (Phi) is 10.7. The maximum absolute atomic E-state index is 3.40. The topological polar surface area (TPSA) is 0 Å². The van der Waals surface area contributed by atoms with Gasteiger partial charge in [0.1, 0.15) is 0 Å². The van der Waals surface area contributed by atoms with Crippen LogP contribution in [0.15, 0.2) is 23.3 Å². The van der Waals surface area contributed by atoms with Gasteiger partial charge in [-0.05, 0) is 40.0 Å². The molecule has 0 bridgehead atoms. The van der Waals surface area contributed by atoms with Crippen LogP contribution in [-0.2, 0) is 0 Å². The van der Waals surface area contributed by atoms with Gasteiger partial charge < -0.3 is 0 Å². The van der Waals surface area contributed by atoms with Crippen LogP contribution in [-0.4, -0.2) is 5.33 Å². The van der Waals surface area contributed by atoms with Gasteiger partial charge in [0.05, 0.1) is 0 Å². The summed E-state index contributed by atoms with van der Waals surface area (Å²) in [4.78, 5) is 0. The lowest BCUT2D eigenvalue weighted by atomic mass is 10.1. The summed E-state index contributed by atoms with van der Waals surface area (Å²) < 4.78 is 0. The Balaban J connectivity index is 3.48. The predicted molar refractivity (Wildman–Crippen MR) is 77.8 cm³/mol. The number of rotatable bonds is 6. The second kappa shape index (κ2) is 11.0. The van der Waals surface area contributed by atoms with Gasteiger partial charge in [0.2, 0.25) is 0 Å². The standard InChI is InChI=1S/C15H23Br/c1-14(2)10-8-6-4-5-7-9-11-15(3)12-13-16/h10,12H,6-9,11,13H2,1-3H3/b15-12+. The Morgan fingerprint density at radius 3 is 2.38 bits per heavy atom. The molecule has 0 aromatic carbocycles. The lowest BCUT2D eigenvalue weighted by molar-refractivity contribution is 0.844. The van der Waals surface area contributed by atoms with E-state index in [4.69, 9.17) is 0 Å². The lowest BCUT2D eigenvalue weighted by Gasteiger charge is -1.96. The van der Waals surface area contributed by atoms with E-state index in [0.29, 0.717) is 0 Å². The molecule has 0 aromatic rings. The normalized spacial score (nSPS) is 10.6. The van der Waals surface area contributed by atoms with E-state index in [-0.39, 0.29) is 0 Å². The minimum Gasteiger partial charge on any atom is -0.103 e. The third-order valence-electron chi connectivity index (χ3n) is 2.25. The number of alkyl halides is 1. The highest BCUT2D eigenvalue weighted by Gasteiger charge is 1.88. The Hall–Kier alpha value is -0.480. The Morgan fingerprint density at radius 1 is 1.06 bits per heavy atom. The van der Waals surface area contributed by atoms with Gasteiger partial charge in [0.15, 0.2) is 0 Å². The summed E-state index contributed by atoms with van der Waals surface area (Å²) in [5.74, 6) is 6.46. The summed E-state index contributed by atoms with van der Waals surface area (Å²) in [6, 6.07) is 0. The molecule has 16 heavy (non-hydrogen) atoms. The molecule has 1 heteroatoms. The van der Waals surface area contributed by atoms with Crippen LogP contribution in [0, 0.1) is 11.8 Å². The zero-order valence-electron chi connectivity index (χ0n) is 10.8. The van der Waals surface area contributed by atoms with Gasteiger partial charge >= 0.3 is 0 Å². The van der Waals surface area contributed by atoms with E-state index in [2.05, 4.69) is 60.7 Å². The number of unbranched alkanes of at least 4 members (excludes halogenated alkanes) is 2. The van der Waals surface area contributed by atoms with Crippen LogP contribution < -0.4 is 0 Å². The lowest BCUT2D eigenvalue weighted by Crippen LogP contribution is -1.78. The molecule has 90 valence electrons. The fourth-order valence-corrected chi connectivity index (χ4v) is 1.85. The highest BCUT2D eigenvalue weighted by Crippen LogP contribution is 2.06. The van der Waals surface area contributed by atoms with Gasteiger partial charge in [-0.15, -0.1) is 11.8 Å². The van der Waals surface area contributed by atoms with Crippen LogP contribution in [0.4, 0.5) is 0 Å². The molecule has 0 saturated carbocycles. The van der Waals surface area contributed by atoms with Crippen LogP contribution in [0.1, 0.15) is 52.9 Å². The molecule has 0 aromatic heterocycles. The molecule has 0 aliphatic heterocycles. The number of hydrogen-bond donors (Lipinski definition) is 0. The van der Waals surface area contributed by atoms with Gasteiger partial charge in [-0.25, -0.2) is 0 Å². The van der Waals surface area contributed by atoms with E-state index < -0.39 is 0 Å². The van der Waals surface area contributed by atoms with Gasteiger partial charge in [-0.2, -0.15) is 0 Å². The number of allylic oxidation sites excluding steroid dienone is 4. The van der Waals surface area contributed by atoms with Crippen molar-refractivity contribution in [3.8, 4) is 11.8 Å². The Bertz CT molecular complexity index is 282. The van der Waals surface area contributed by atoms with E-state index >= 15 is 0 Å². The molecule has 0 rings (SSSR count). The van der Waals surface area contributed by atoms with Crippen LogP contribution in [0.3, 0.4) is 0 Å². The highest BCUT2D eigenvalue weighted by atomic mass is 79.9. The average Bonchev–Trinajstić information content (AvgIpc) is 2.22. The van der Waals surface area contributed by atoms with E-state index in [0.717, 1.165) is 24.6 Å². The molecule has 0 unspecified atom stereocenters. The minimum atomic E-state index is 0.965. The summed E-state index contributed by atoms with van der Waals surface area (Å²) in [7, 11) is 0. The summed E-state index contributed by atoms with van der Waals surface area (Å²) in [5.41, 5.74) is 2.85. The summed E-state index contributed by atoms with van der Waals surface area (Å²) >= 11 is 3.40. The summed E-state index contributed by atoms with van der Waals surface area (Å²) in [6.45, 7) is 6.45. The van der Waals surface area contributed by atoms with Crippen molar-refractivity contribution in [2.75, 3.05) is 5.33 Å². The molecule has 0 N–H and O–H groups in total. The molecule has 0 saturated heterocycles. The van der Waals surface area contributed by atoms with E-state index in [1.54, 1.807) is 0 Å². The first-order valence-corrected chi connectivity index (χ1v) is 7.09. The third-order valence-corrected chi connectivity index (χ3v) is 2.57. The van der Waals surface area contributed by atoms with Crippen molar-refractivity contribution in [2.24, 2.45) is 0 Å². The minimum absolute atomic E-state index is 0.965. The van der Waals surface area contributed by atoms with Crippen molar-refractivity contribution in [3.05, 3.63) is 23.3 Å². The first kappa shape index (κ1) is 15.5. The third kappa shape index (κ3) is 11.6. The summed E-state index contributed by atoms with van der Waals surface area (Å²) in [6.07, 6.45) is 9.96. The van der Waals surface area contributed by atoms with Gasteiger partial charge in [0, 0.05) is 18.2 Å². The monoisotopic (exact) mass is 282 g/mol. The van der Waals surface area contributed by atoms with E-state index in [1.165, 1.54) is 24.0 Å². The smallest absolute Gasteiger partial charge is 0.0214 e. The van der Waals surface area contributed by atoms with Crippen LogP contribution in [0.2, 0.25) is 0 Å². The van der Waals surface area contributed by atoms with Crippen molar-refractivity contribution in [3.63, 3.8) is 0 Å². The van der Waals surface area contributed by atoms with Gasteiger partial charge in [0.25, 0.3) is 0 Å². The second-order valence-electron chi connectivity index (χ2n) is 4.23. The molecule has 0 aliphatic rings. The molecule has 0 fully saturated rings. The van der Waals surface area contributed by atoms with Crippen LogP contribution >= 0.6 is 15.9 Å². The van der Waals surface area contributed by atoms with Crippen LogP contribution in [0.25, 0.3) is 0 Å². The van der Waals surface area contributed by atoms with Gasteiger partial charge in [-0.1, -0.05) is 39.2 Å². The average molecular weight is 283 g/mol. The number of halogens is 1. The van der Waals surface area contributed by atoms with Crippen molar-refractivity contribution in [1.82, 2.24) is 0 Å². The maximum Gasteiger partial charge on any atom is 0.0214 e. The van der Waals surface area contributed by atoms with E-state index in [1.807, 2.05) is 0 Å². The molecule has 0 nitrogen and oxygen atoms in total. The molecule has 0 aliphatic carbocycles. The molecule has 0 atom stereocenters. The second-order valence-corrected chi connectivity index (χ2v) is 4.88. The van der Waals surface area contributed by atoms with Gasteiger partial charge in [-0.3, -0.25) is 0 Å². The molecular formula is C15H23Br. The molecule has 0 heterocycles. The molecule has 0 amide bonds. The zero-order chi connectivity index (χ0) is 12.2. The van der Waals surface area contributed by atoms with Crippen LogP contribution in [0.5, 0.6) is 0 Å². The van der Waals surface area contributed by atoms with Crippen molar-refractivity contribution < 1.29 is 0 Å². The molecular weight excluding hydrogens is 260 g/mol. The summed E-state index contributed by atoms with van der Waals surface area (Å²) in [5, 5.41) is 0.965. The fourth-order valence-electron chi connectivity index (χ4n) is 1.30. The first-order chi connectivity index (χ1) is 7.66. The molecule has 0 radical (unpaired) electrons. The molecule has 0 spiro atoms. The van der Waals surface area contributed by atoms with Crippen molar-refractivity contribution in [1.29, 1.82) is 0 Å². The maximum atomic E-state index is 3.40. The zero-order valence-corrected chi connectivity index (χ0v) is 12.4. The number of hydrogen-bond acceptors (Lipinski definition) is 0. The van der Waals surface area contributed by atoms with E-state index in [9.17, 15) is 0 Å². The highest BCUT2D eigenvalue weighted by molar-refractivity contribution is 9.09. The largest absolute Gasteiger partial charge is 0.103 e. The first-order valence-electron chi connectivity index (χ1n) is 5.97. The predicted octanol–water partition coefficient (Wildman–Crippen LogP) is 5.25. The Morgan fingerprint density at radius 2 is 1.75 bits per heavy atom. The SMILES string of the molecule is CC(C)=CCCC#CCCC/C(C)=C/CBr.